The summed E-state index contributed by atoms with van der Waals surface area (Å²) in [5.74, 6) is -0.492. The number of para-hydroxylation sites is 1. The van der Waals surface area contributed by atoms with Gasteiger partial charge in [0.05, 0.1) is 24.0 Å². The maximum absolute atomic E-state index is 12.4. The van der Waals surface area contributed by atoms with Crippen molar-refractivity contribution in [3.05, 3.63) is 36.3 Å². The topological polar surface area (TPSA) is 209 Å². The van der Waals surface area contributed by atoms with Crippen molar-refractivity contribution in [3.63, 3.8) is 0 Å². The Hall–Kier alpha value is -4.34. The van der Waals surface area contributed by atoms with Crippen molar-refractivity contribution in [3.8, 4) is 17.1 Å². The Morgan fingerprint density at radius 3 is 2.52 bits per heavy atom. The molecule has 0 spiro atoms. The first-order valence-electron chi connectivity index (χ1n) is 9.27. The van der Waals surface area contributed by atoms with Gasteiger partial charge in [0.1, 0.15) is 6.33 Å². The monoisotopic (exact) mass is 459 g/mol. The van der Waals surface area contributed by atoms with Gasteiger partial charge in [0.2, 0.25) is 0 Å². The molecule has 15 nitrogen and oxygen atoms in total. The van der Waals surface area contributed by atoms with Crippen LogP contribution >= 0.6 is 0 Å². The fourth-order valence-electron chi connectivity index (χ4n) is 2.75. The zero-order chi connectivity index (χ0) is 24.2. The number of anilines is 3. The number of nitrogens with zero attached hydrogens (tertiary/aromatic N) is 5. The molecular weight excluding hydrogens is 438 g/mol. The van der Waals surface area contributed by atoms with E-state index >= 15 is 0 Å². The summed E-state index contributed by atoms with van der Waals surface area (Å²) in [6.07, 6.45) is -1.97. The molecule has 0 radical (unpaired) electrons. The summed E-state index contributed by atoms with van der Waals surface area (Å²) in [5.41, 5.74) is 0.462. The number of carbonyl (C=O) groups is 2. The number of nitrogens with one attached hydrogen (secondary N) is 4. The van der Waals surface area contributed by atoms with Gasteiger partial charge in [0.25, 0.3) is 5.91 Å². The smallest absolute Gasteiger partial charge is 0.369 e. The molecule has 0 bridgehead atoms. The number of carbonyl (C=O) groups excluding carboxylic acids is 2. The van der Waals surface area contributed by atoms with Crippen molar-refractivity contribution < 1.29 is 29.6 Å². The van der Waals surface area contributed by atoms with E-state index in [1.165, 1.54) is 36.5 Å². The van der Waals surface area contributed by atoms with E-state index in [9.17, 15) is 9.59 Å². The Balaban J connectivity index is 2.06. The average molecular weight is 459 g/mol. The van der Waals surface area contributed by atoms with Crippen LogP contribution in [0.4, 0.5) is 22.0 Å². The van der Waals surface area contributed by atoms with Crippen molar-refractivity contribution in [2.24, 2.45) is 7.05 Å². The van der Waals surface area contributed by atoms with Crippen molar-refractivity contribution in [1.29, 1.82) is 0 Å². The lowest BCUT2D eigenvalue weighted by atomic mass is 10.1. The lowest BCUT2D eigenvalue weighted by molar-refractivity contribution is -0.323. The normalized spacial score (nSPS) is 11.0. The lowest BCUT2D eigenvalue weighted by Gasteiger charge is -2.18. The third-order valence-corrected chi connectivity index (χ3v) is 4.09. The second-order valence-electron chi connectivity index (χ2n) is 6.54. The number of aliphatic hydroxyl groups is 3. The van der Waals surface area contributed by atoms with Gasteiger partial charge in [0.15, 0.2) is 23.1 Å². The van der Waals surface area contributed by atoms with Gasteiger partial charge in [0, 0.05) is 20.2 Å². The molecular formula is C18H21N9O6. The summed E-state index contributed by atoms with van der Waals surface area (Å²) in [6.45, 7) is 0. The molecule has 0 aliphatic carbocycles. The van der Waals surface area contributed by atoms with Gasteiger partial charge in [-0.1, -0.05) is 6.07 Å². The van der Waals surface area contributed by atoms with Crippen LogP contribution in [0.3, 0.4) is 0 Å². The van der Waals surface area contributed by atoms with Gasteiger partial charge in [-0.3, -0.25) is 20.1 Å². The first-order chi connectivity index (χ1) is 15.6. The fraction of sp³-hybridized carbons (Fsp3) is 0.222. The molecule has 174 valence electrons. The predicted octanol–water partition coefficient (Wildman–Crippen LogP) is -0.906. The van der Waals surface area contributed by atoms with E-state index < -0.39 is 23.7 Å². The number of hydrogen-bond acceptors (Lipinski definition) is 11. The number of benzene rings is 1. The minimum atomic E-state index is -3.49. The van der Waals surface area contributed by atoms with Crippen molar-refractivity contribution in [2.75, 3.05) is 24.8 Å². The second-order valence-corrected chi connectivity index (χ2v) is 6.54. The van der Waals surface area contributed by atoms with E-state index in [1.807, 2.05) is 0 Å². The number of hydrogen-bond donors (Lipinski definition) is 7. The van der Waals surface area contributed by atoms with Gasteiger partial charge in [-0.25, -0.2) is 9.78 Å². The summed E-state index contributed by atoms with van der Waals surface area (Å²) in [6, 6.07) is 5.74. The standard InChI is InChI=1S/C18H21N9O6/c1-19-17(29)22-12-7-11(13(25-24-12)16(28)23-18(30,31)32)21-10-6-4-5-9(14(10)33-3)15-20-8-27(2)26-15/h4-8,30-32H,1-3H3,(H,23,28)(H3,19,21,22,24,29). The highest BCUT2D eigenvalue weighted by Crippen LogP contribution is 2.37. The Labute approximate surface area is 186 Å². The molecule has 0 atom stereocenters. The van der Waals surface area contributed by atoms with Crippen molar-refractivity contribution in [2.45, 2.75) is 6.10 Å². The molecule has 1 aromatic carbocycles. The summed E-state index contributed by atoms with van der Waals surface area (Å²) in [7, 11) is 4.54. The van der Waals surface area contributed by atoms with Crippen LogP contribution in [0, 0.1) is 0 Å². The number of methoxy groups -OCH3 is 1. The van der Waals surface area contributed by atoms with Gasteiger partial charge in [-0.15, -0.1) is 10.2 Å². The van der Waals surface area contributed by atoms with Crippen LogP contribution in [-0.2, 0) is 7.05 Å². The number of ether oxygens (including phenoxy) is 1. The first-order valence-corrected chi connectivity index (χ1v) is 9.27. The van der Waals surface area contributed by atoms with Crippen LogP contribution in [0.2, 0.25) is 0 Å². The van der Waals surface area contributed by atoms with E-state index in [4.69, 9.17) is 20.1 Å². The number of amides is 3. The number of aromatic nitrogens is 5. The predicted molar refractivity (Wildman–Crippen MR) is 113 cm³/mol. The lowest BCUT2D eigenvalue weighted by Crippen LogP contribution is -2.48. The molecule has 0 saturated heterocycles. The average Bonchev–Trinajstić information content (AvgIpc) is 3.18. The van der Waals surface area contributed by atoms with Gasteiger partial charge in [-0.2, -0.15) is 5.10 Å². The van der Waals surface area contributed by atoms with Crippen molar-refractivity contribution >= 4 is 29.1 Å². The molecule has 0 aliphatic rings. The molecule has 2 aromatic heterocycles. The van der Waals surface area contributed by atoms with Gasteiger partial charge in [-0.05, 0) is 12.1 Å². The first kappa shape index (κ1) is 23.3. The molecule has 3 aromatic rings. The van der Waals surface area contributed by atoms with Crippen LogP contribution < -0.4 is 26.0 Å². The third kappa shape index (κ3) is 5.67. The van der Waals surface area contributed by atoms with E-state index in [-0.39, 0.29) is 11.5 Å². The van der Waals surface area contributed by atoms with Crippen LogP contribution in [0.1, 0.15) is 10.5 Å². The maximum Gasteiger partial charge on any atom is 0.369 e. The summed E-state index contributed by atoms with van der Waals surface area (Å²) < 4.78 is 7.04. The Morgan fingerprint density at radius 2 is 1.91 bits per heavy atom. The van der Waals surface area contributed by atoms with Gasteiger partial charge >= 0.3 is 12.1 Å². The molecule has 0 saturated carbocycles. The van der Waals surface area contributed by atoms with E-state index in [2.05, 4.69) is 36.2 Å². The molecule has 33 heavy (non-hydrogen) atoms. The molecule has 2 heterocycles. The quantitative estimate of drug-likeness (QED) is 0.215. The third-order valence-electron chi connectivity index (χ3n) is 4.09. The largest absolute Gasteiger partial charge is 0.494 e. The summed E-state index contributed by atoms with van der Waals surface area (Å²) >= 11 is 0. The Morgan fingerprint density at radius 1 is 1.15 bits per heavy atom. The zero-order valence-corrected chi connectivity index (χ0v) is 17.7. The van der Waals surface area contributed by atoms with Crippen molar-refractivity contribution in [1.82, 2.24) is 35.6 Å². The maximum atomic E-state index is 12.4. The molecule has 0 fully saturated rings. The van der Waals surface area contributed by atoms with E-state index in [0.29, 0.717) is 22.8 Å². The number of rotatable bonds is 7. The highest BCUT2D eigenvalue weighted by molar-refractivity contribution is 5.99. The Bertz CT molecular complexity index is 1170. The molecule has 7 N–H and O–H groups in total. The van der Waals surface area contributed by atoms with Crippen LogP contribution in [-0.4, -0.2) is 72.5 Å². The summed E-state index contributed by atoms with van der Waals surface area (Å²) in [5, 5.41) is 48.2. The SMILES string of the molecule is CNC(=O)Nc1cc(Nc2cccc(-c3ncn(C)n3)c2OC)c(C(=O)NC(O)(O)O)nn1. The van der Waals surface area contributed by atoms with Crippen LogP contribution in [0.25, 0.3) is 11.4 Å². The number of aryl methyl sites for hydroxylation is 1. The van der Waals surface area contributed by atoms with Gasteiger partial charge < -0.3 is 30.7 Å². The van der Waals surface area contributed by atoms with E-state index in [1.54, 1.807) is 25.2 Å². The molecule has 0 unspecified atom stereocenters. The minimum Gasteiger partial charge on any atom is -0.494 e. The molecule has 15 heteroatoms. The van der Waals surface area contributed by atoms with E-state index in [0.717, 1.165) is 0 Å². The van der Waals surface area contributed by atoms with Crippen LogP contribution in [0.5, 0.6) is 5.75 Å². The highest BCUT2D eigenvalue weighted by Gasteiger charge is 2.26. The molecule has 3 amide bonds. The number of urea groups is 1. The van der Waals surface area contributed by atoms with Crippen LogP contribution in [0.15, 0.2) is 30.6 Å². The summed E-state index contributed by atoms with van der Waals surface area (Å²) in [4.78, 5) is 28.3. The molecule has 0 aliphatic heterocycles. The minimum absolute atomic E-state index is 0.0115. The fourth-order valence-corrected chi connectivity index (χ4v) is 2.75. The zero-order valence-electron chi connectivity index (χ0n) is 17.7. The second kappa shape index (κ2) is 9.43. The highest BCUT2D eigenvalue weighted by atomic mass is 16.7. The Kier molecular flexibility index (Phi) is 6.67. The molecule has 3 rings (SSSR count).